The van der Waals surface area contributed by atoms with Crippen LogP contribution in [0.4, 0.5) is 0 Å². The summed E-state index contributed by atoms with van der Waals surface area (Å²) in [4.78, 5) is 4.44. The van der Waals surface area contributed by atoms with Gasteiger partial charge in [-0.2, -0.15) is 0 Å². The fourth-order valence-corrected chi connectivity index (χ4v) is 2.30. The summed E-state index contributed by atoms with van der Waals surface area (Å²) in [7, 11) is 0. The van der Waals surface area contributed by atoms with Crippen molar-refractivity contribution in [2.24, 2.45) is 0 Å². The van der Waals surface area contributed by atoms with Crippen LogP contribution in [-0.2, 0) is 0 Å². The van der Waals surface area contributed by atoms with Crippen molar-refractivity contribution in [3.63, 3.8) is 0 Å². The maximum absolute atomic E-state index is 4.44. The molecule has 15 heavy (non-hydrogen) atoms. The predicted octanol–water partition coefficient (Wildman–Crippen LogP) is 1.69. The van der Waals surface area contributed by atoms with Gasteiger partial charge in [-0.05, 0) is 29.0 Å². The maximum Gasteiger partial charge on any atom is 0.0783 e. The summed E-state index contributed by atoms with van der Waals surface area (Å²) in [5, 5.41) is 2.34. The first-order chi connectivity index (χ1) is 7.29. The highest BCUT2D eigenvalue weighted by Crippen LogP contribution is 2.27. The largest absolute Gasteiger partial charge is 0.256 e. The quantitative estimate of drug-likeness (QED) is 0.620. The number of fused-ring (bicyclic) bond motifs is 3. The molecule has 1 heterocycles. The standard InChI is InChI=1S/C14H11N/c1-9-5-3-6-12-13(9)10(2)11-7-4-8-15-14(11)12/h3-8H,1H2,2H3. The summed E-state index contributed by atoms with van der Waals surface area (Å²) < 4.78 is 0. The Kier molecular flexibility index (Phi) is 1.57. The molecule has 0 amide bonds. The van der Waals surface area contributed by atoms with Gasteiger partial charge in [0.1, 0.15) is 0 Å². The Bertz CT molecular complexity index is 653. The molecular weight excluding hydrogens is 182 g/mol. The van der Waals surface area contributed by atoms with E-state index < -0.39 is 0 Å². The minimum Gasteiger partial charge on any atom is -0.256 e. The van der Waals surface area contributed by atoms with Gasteiger partial charge in [0.2, 0.25) is 0 Å². The van der Waals surface area contributed by atoms with E-state index in [0.29, 0.717) is 0 Å². The summed E-state index contributed by atoms with van der Waals surface area (Å²) >= 11 is 0. The molecule has 1 aliphatic carbocycles. The van der Waals surface area contributed by atoms with E-state index in [1.165, 1.54) is 21.9 Å². The van der Waals surface area contributed by atoms with Gasteiger partial charge in [-0.25, -0.2) is 0 Å². The lowest BCUT2D eigenvalue weighted by Crippen LogP contribution is -2.24. The minimum absolute atomic E-state index is 1.09. The summed E-state index contributed by atoms with van der Waals surface area (Å²) in [5.41, 5.74) is 4.84. The summed E-state index contributed by atoms with van der Waals surface area (Å²) in [6.07, 6.45) is 1.84. The van der Waals surface area contributed by atoms with E-state index in [0.717, 1.165) is 10.9 Å². The van der Waals surface area contributed by atoms with Crippen molar-refractivity contribution in [1.82, 2.24) is 4.98 Å². The molecule has 1 aromatic carbocycles. The fourth-order valence-electron chi connectivity index (χ4n) is 2.30. The first kappa shape index (κ1) is 8.42. The fraction of sp³-hybridized carbons (Fsp3) is 0.0714. The van der Waals surface area contributed by atoms with Crippen molar-refractivity contribution in [3.8, 4) is 11.3 Å². The van der Waals surface area contributed by atoms with Gasteiger partial charge in [0, 0.05) is 17.3 Å². The van der Waals surface area contributed by atoms with Crippen LogP contribution in [0.3, 0.4) is 0 Å². The number of nitrogens with zero attached hydrogens (tertiary/aromatic N) is 1. The van der Waals surface area contributed by atoms with Crippen LogP contribution in [0.1, 0.15) is 12.5 Å². The highest BCUT2D eigenvalue weighted by atomic mass is 14.7. The smallest absolute Gasteiger partial charge is 0.0783 e. The van der Waals surface area contributed by atoms with E-state index >= 15 is 0 Å². The molecule has 0 atom stereocenters. The Hall–Kier alpha value is -1.89. The number of benzene rings is 1. The molecule has 0 bridgehead atoms. The molecule has 2 aromatic rings. The zero-order valence-electron chi connectivity index (χ0n) is 8.62. The van der Waals surface area contributed by atoms with Crippen molar-refractivity contribution < 1.29 is 0 Å². The zero-order chi connectivity index (χ0) is 10.4. The van der Waals surface area contributed by atoms with Crippen LogP contribution in [-0.4, -0.2) is 4.98 Å². The van der Waals surface area contributed by atoms with Crippen LogP contribution in [0, 0.1) is 0 Å². The zero-order valence-corrected chi connectivity index (χ0v) is 8.62. The van der Waals surface area contributed by atoms with E-state index in [-0.39, 0.29) is 0 Å². The Morgan fingerprint density at radius 2 is 1.87 bits per heavy atom. The van der Waals surface area contributed by atoms with Crippen molar-refractivity contribution in [1.29, 1.82) is 0 Å². The van der Waals surface area contributed by atoms with Crippen molar-refractivity contribution in [3.05, 3.63) is 52.5 Å². The highest BCUT2D eigenvalue weighted by molar-refractivity contribution is 5.86. The van der Waals surface area contributed by atoms with Crippen LogP contribution in [0.25, 0.3) is 23.4 Å². The maximum atomic E-state index is 4.44. The number of rotatable bonds is 0. The molecule has 0 spiro atoms. The van der Waals surface area contributed by atoms with Crippen molar-refractivity contribution in [2.45, 2.75) is 6.92 Å². The van der Waals surface area contributed by atoms with Crippen LogP contribution >= 0.6 is 0 Å². The Morgan fingerprint density at radius 3 is 2.73 bits per heavy atom. The second-order valence-corrected chi connectivity index (χ2v) is 3.86. The number of pyridine rings is 1. The predicted molar refractivity (Wildman–Crippen MR) is 62.6 cm³/mol. The monoisotopic (exact) mass is 193 g/mol. The summed E-state index contributed by atoms with van der Waals surface area (Å²) in [5.74, 6) is 0. The van der Waals surface area contributed by atoms with Gasteiger partial charge in [0.25, 0.3) is 0 Å². The number of hydrogen-bond donors (Lipinski definition) is 0. The molecule has 0 fully saturated rings. The van der Waals surface area contributed by atoms with Crippen LogP contribution in [0.2, 0.25) is 0 Å². The van der Waals surface area contributed by atoms with E-state index in [9.17, 15) is 0 Å². The number of hydrogen-bond acceptors (Lipinski definition) is 1. The van der Waals surface area contributed by atoms with E-state index in [4.69, 9.17) is 0 Å². The average molecular weight is 193 g/mol. The number of aromatic nitrogens is 1. The molecule has 72 valence electrons. The lowest BCUT2D eigenvalue weighted by Gasteiger charge is -1.98. The van der Waals surface area contributed by atoms with Crippen molar-refractivity contribution in [2.75, 3.05) is 0 Å². The highest BCUT2D eigenvalue weighted by Gasteiger charge is 2.17. The lowest BCUT2D eigenvalue weighted by atomic mass is 10.1. The first-order valence-electron chi connectivity index (χ1n) is 5.03. The first-order valence-corrected chi connectivity index (χ1v) is 5.03. The molecular formula is C14H11N. The van der Waals surface area contributed by atoms with Gasteiger partial charge >= 0.3 is 0 Å². The van der Waals surface area contributed by atoms with E-state index in [2.05, 4.69) is 30.6 Å². The second-order valence-electron chi connectivity index (χ2n) is 3.86. The minimum atomic E-state index is 1.09. The Balaban J connectivity index is 2.58. The molecule has 0 N–H and O–H groups in total. The SMILES string of the molecule is C=c1cccc2c1=C(C)c1cccnc1-2. The van der Waals surface area contributed by atoms with Crippen molar-refractivity contribution >= 4 is 12.2 Å². The van der Waals surface area contributed by atoms with Gasteiger partial charge in [0.15, 0.2) is 0 Å². The van der Waals surface area contributed by atoms with Crippen LogP contribution in [0.15, 0.2) is 36.5 Å². The molecule has 1 heteroatoms. The second kappa shape index (κ2) is 2.80. The van der Waals surface area contributed by atoms with Gasteiger partial charge in [-0.3, -0.25) is 4.98 Å². The molecule has 3 rings (SSSR count). The summed E-state index contributed by atoms with van der Waals surface area (Å²) in [6.45, 7) is 6.22. The molecule has 1 aromatic heterocycles. The molecule has 1 nitrogen and oxygen atoms in total. The Labute approximate surface area is 88.4 Å². The molecule has 1 aliphatic rings. The molecule has 0 unspecified atom stereocenters. The normalized spacial score (nSPS) is 12.5. The van der Waals surface area contributed by atoms with E-state index in [1.54, 1.807) is 0 Å². The molecule has 0 radical (unpaired) electrons. The third-order valence-corrected chi connectivity index (χ3v) is 2.99. The molecule has 0 saturated carbocycles. The average Bonchev–Trinajstić information content (AvgIpc) is 2.55. The van der Waals surface area contributed by atoms with Gasteiger partial charge in [0.05, 0.1) is 5.69 Å². The van der Waals surface area contributed by atoms with Crippen LogP contribution < -0.4 is 10.4 Å². The molecule has 0 saturated heterocycles. The van der Waals surface area contributed by atoms with Gasteiger partial charge < -0.3 is 0 Å². The third-order valence-electron chi connectivity index (χ3n) is 2.99. The summed E-state index contributed by atoms with van der Waals surface area (Å²) in [6, 6.07) is 10.3. The molecule has 0 aliphatic heterocycles. The van der Waals surface area contributed by atoms with Gasteiger partial charge in [-0.15, -0.1) is 0 Å². The Morgan fingerprint density at radius 1 is 1.07 bits per heavy atom. The lowest BCUT2D eigenvalue weighted by molar-refractivity contribution is 1.32. The van der Waals surface area contributed by atoms with E-state index in [1.807, 2.05) is 24.4 Å². The van der Waals surface area contributed by atoms with Gasteiger partial charge in [-0.1, -0.05) is 30.8 Å². The third kappa shape index (κ3) is 1.00. The van der Waals surface area contributed by atoms with Crippen LogP contribution in [0.5, 0.6) is 0 Å². The topological polar surface area (TPSA) is 12.9 Å².